The maximum Gasteiger partial charge on any atom is 0.334 e. The molecule has 6 heteroatoms. The predicted octanol–water partition coefficient (Wildman–Crippen LogP) is 3.70. The average Bonchev–Trinajstić information content (AvgIpc) is 2.96. The van der Waals surface area contributed by atoms with E-state index < -0.39 is 22.1 Å². The van der Waals surface area contributed by atoms with E-state index in [1.165, 1.54) is 12.1 Å². The fourth-order valence-corrected chi connectivity index (χ4v) is 5.24. The summed E-state index contributed by atoms with van der Waals surface area (Å²) in [7, 11) is -3.83. The van der Waals surface area contributed by atoms with E-state index in [9.17, 15) is 13.2 Å². The summed E-state index contributed by atoms with van der Waals surface area (Å²) in [6, 6.07) is 8.07. The van der Waals surface area contributed by atoms with Crippen LogP contribution in [0.4, 0.5) is 0 Å². The van der Waals surface area contributed by atoms with Crippen LogP contribution in [0.25, 0.3) is 0 Å². The van der Waals surface area contributed by atoms with Crippen molar-refractivity contribution in [3.05, 3.63) is 41.3 Å². The largest absolute Gasteiger partial charge is 0.427 e. The van der Waals surface area contributed by atoms with Gasteiger partial charge in [-0.1, -0.05) is 45.4 Å². The zero-order valence-corrected chi connectivity index (χ0v) is 16.2. The van der Waals surface area contributed by atoms with Gasteiger partial charge in [-0.2, -0.15) is 0 Å². The van der Waals surface area contributed by atoms with Crippen molar-refractivity contribution < 1.29 is 22.7 Å². The number of carbonyl (C=O) groups is 1. The minimum atomic E-state index is -3.83. The minimum absolute atomic E-state index is 0.102. The summed E-state index contributed by atoms with van der Waals surface area (Å²) in [5.41, 5.74) is 0. The SMILES string of the molecule is CC(C)[C@@H]1CC[C@@H](C)C[C@H]1O[C@H]1OC(=O)C=C1S(=O)(=O)c1ccccc1. The Kier molecular flexibility index (Phi) is 5.53. The number of carbonyl (C=O) groups excluding carboxylic acids is 1. The van der Waals surface area contributed by atoms with E-state index in [0.29, 0.717) is 17.8 Å². The van der Waals surface area contributed by atoms with Gasteiger partial charge in [-0.3, -0.25) is 0 Å². The Hall–Kier alpha value is -1.66. The van der Waals surface area contributed by atoms with Crippen LogP contribution in [-0.4, -0.2) is 26.8 Å². The molecule has 0 aromatic heterocycles. The lowest BCUT2D eigenvalue weighted by Gasteiger charge is -2.38. The molecule has 26 heavy (non-hydrogen) atoms. The molecule has 1 aromatic rings. The Labute approximate surface area is 155 Å². The summed E-state index contributed by atoms with van der Waals surface area (Å²) in [5, 5.41) is 0. The molecule has 1 aromatic carbocycles. The minimum Gasteiger partial charge on any atom is -0.427 e. The van der Waals surface area contributed by atoms with Crippen molar-refractivity contribution in [1.82, 2.24) is 0 Å². The summed E-state index contributed by atoms with van der Waals surface area (Å²) in [4.78, 5) is 11.9. The van der Waals surface area contributed by atoms with Crippen LogP contribution in [0, 0.1) is 17.8 Å². The zero-order chi connectivity index (χ0) is 18.9. The van der Waals surface area contributed by atoms with Gasteiger partial charge in [-0.15, -0.1) is 0 Å². The van der Waals surface area contributed by atoms with Gasteiger partial charge in [-0.25, -0.2) is 13.2 Å². The molecule has 1 saturated carbocycles. The van der Waals surface area contributed by atoms with Gasteiger partial charge in [-0.05, 0) is 42.7 Å². The molecule has 0 bridgehead atoms. The van der Waals surface area contributed by atoms with Crippen molar-refractivity contribution in [2.24, 2.45) is 17.8 Å². The Morgan fingerprint density at radius 1 is 1.15 bits per heavy atom. The molecule has 4 atom stereocenters. The van der Waals surface area contributed by atoms with Crippen LogP contribution in [0.1, 0.15) is 40.0 Å². The first-order valence-corrected chi connectivity index (χ1v) is 10.6. The number of ether oxygens (including phenoxy) is 2. The van der Waals surface area contributed by atoms with E-state index in [4.69, 9.17) is 9.47 Å². The van der Waals surface area contributed by atoms with E-state index in [1.54, 1.807) is 18.2 Å². The third kappa shape index (κ3) is 3.86. The smallest absolute Gasteiger partial charge is 0.334 e. The first-order valence-electron chi connectivity index (χ1n) is 9.17. The number of hydrogen-bond acceptors (Lipinski definition) is 5. The van der Waals surface area contributed by atoms with Gasteiger partial charge < -0.3 is 9.47 Å². The van der Waals surface area contributed by atoms with Gasteiger partial charge >= 0.3 is 5.97 Å². The van der Waals surface area contributed by atoms with Crippen molar-refractivity contribution in [1.29, 1.82) is 0 Å². The highest BCUT2D eigenvalue weighted by molar-refractivity contribution is 7.95. The maximum absolute atomic E-state index is 12.9. The monoisotopic (exact) mass is 378 g/mol. The third-order valence-electron chi connectivity index (χ3n) is 5.34. The number of hydrogen-bond donors (Lipinski definition) is 0. The Morgan fingerprint density at radius 2 is 1.85 bits per heavy atom. The molecular weight excluding hydrogens is 352 g/mol. The lowest BCUT2D eigenvalue weighted by atomic mass is 9.75. The van der Waals surface area contributed by atoms with E-state index in [2.05, 4.69) is 20.8 Å². The first-order chi connectivity index (χ1) is 12.3. The third-order valence-corrected chi connectivity index (χ3v) is 7.16. The molecule has 3 rings (SSSR count). The number of sulfone groups is 1. The molecule has 1 aliphatic carbocycles. The highest BCUT2D eigenvalue weighted by atomic mass is 32.2. The highest BCUT2D eigenvalue weighted by Crippen LogP contribution is 2.38. The average molecular weight is 378 g/mol. The van der Waals surface area contributed by atoms with Gasteiger partial charge in [0.05, 0.1) is 11.0 Å². The Morgan fingerprint density at radius 3 is 2.50 bits per heavy atom. The normalized spacial score (nSPS) is 29.5. The van der Waals surface area contributed by atoms with Crippen molar-refractivity contribution in [2.45, 2.75) is 57.3 Å². The van der Waals surface area contributed by atoms with Crippen LogP contribution >= 0.6 is 0 Å². The number of esters is 1. The molecule has 0 spiro atoms. The lowest BCUT2D eigenvalue weighted by Crippen LogP contribution is -2.38. The van der Waals surface area contributed by atoms with Gasteiger partial charge in [0, 0.05) is 6.08 Å². The van der Waals surface area contributed by atoms with Crippen LogP contribution in [0.15, 0.2) is 46.2 Å². The maximum atomic E-state index is 12.9. The van der Waals surface area contributed by atoms with Crippen LogP contribution in [0.2, 0.25) is 0 Å². The van der Waals surface area contributed by atoms with Crippen molar-refractivity contribution in [3.8, 4) is 0 Å². The second kappa shape index (κ2) is 7.53. The van der Waals surface area contributed by atoms with Gasteiger partial charge in [0.2, 0.25) is 16.1 Å². The summed E-state index contributed by atoms with van der Waals surface area (Å²) < 4.78 is 37.2. The van der Waals surface area contributed by atoms with Crippen LogP contribution in [0.3, 0.4) is 0 Å². The molecule has 0 N–H and O–H groups in total. The Bertz CT molecular complexity index is 782. The number of cyclic esters (lactones) is 1. The van der Waals surface area contributed by atoms with E-state index in [0.717, 1.165) is 25.3 Å². The molecule has 0 unspecified atom stereocenters. The summed E-state index contributed by atoms with van der Waals surface area (Å²) in [6.07, 6.45) is 2.78. The second-order valence-corrected chi connectivity index (χ2v) is 9.58. The summed E-state index contributed by atoms with van der Waals surface area (Å²) in [5.74, 6) is 0.577. The molecule has 0 amide bonds. The fourth-order valence-electron chi connectivity index (χ4n) is 3.85. The van der Waals surface area contributed by atoms with Gasteiger partial charge in [0.15, 0.2) is 0 Å². The lowest BCUT2D eigenvalue weighted by molar-refractivity contribution is -0.179. The topological polar surface area (TPSA) is 69.7 Å². The molecule has 2 aliphatic rings. The van der Waals surface area contributed by atoms with Gasteiger partial charge in [0.25, 0.3) is 0 Å². The zero-order valence-electron chi connectivity index (χ0n) is 15.4. The van der Waals surface area contributed by atoms with Crippen LogP contribution in [0.5, 0.6) is 0 Å². The molecule has 1 heterocycles. The van der Waals surface area contributed by atoms with Gasteiger partial charge in [0.1, 0.15) is 4.91 Å². The second-order valence-electron chi connectivity index (χ2n) is 7.63. The fraction of sp³-hybridized carbons (Fsp3) is 0.550. The molecule has 1 fully saturated rings. The van der Waals surface area contributed by atoms with Crippen molar-refractivity contribution in [2.75, 3.05) is 0 Å². The van der Waals surface area contributed by atoms with E-state index >= 15 is 0 Å². The molecule has 5 nitrogen and oxygen atoms in total. The van der Waals surface area contributed by atoms with Crippen LogP contribution in [-0.2, 0) is 24.1 Å². The number of rotatable bonds is 5. The standard InChI is InChI=1S/C20H26O5S/c1-13(2)16-10-9-14(3)11-17(16)24-20-18(12-19(21)25-20)26(22,23)15-7-5-4-6-8-15/h4-8,12-14,16-17,20H,9-11H2,1-3H3/t14-,16+,17-,20+/m1/s1. The molecule has 0 saturated heterocycles. The molecule has 1 aliphatic heterocycles. The summed E-state index contributed by atoms with van der Waals surface area (Å²) in [6.45, 7) is 6.47. The molecular formula is C20H26O5S. The Balaban J connectivity index is 1.85. The first kappa shape index (κ1) is 19.1. The quantitative estimate of drug-likeness (QED) is 0.731. The molecule has 0 radical (unpaired) electrons. The number of benzene rings is 1. The molecule has 142 valence electrons. The highest BCUT2D eigenvalue weighted by Gasteiger charge is 2.41. The van der Waals surface area contributed by atoms with Crippen molar-refractivity contribution in [3.63, 3.8) is 0 Å². The van der Waals surface area contributed by atoms with E-state index in [-0.39, 0.29) is 15.9 Å². The summed E-state index contributed by atoms with van der Waals surface area (Å²) >= 11 is 0. The predicted molar refractivity (Wildman–Crippen MR) is 97.8 cm³/mol. The van der Waals surface area contributed by atoms with E-state index in [1.807, 2.05) is 0 Å². The van der Waals surface area contributed by atoms with Crippen LogP contribution < -0.4 is 0 Å². The van der Waals surface area contributed by atoms with Crippen molar-refractivity contribution >= 4 is 15.8 Å².